The molecule has 0 aliphatic carbocycles. The molecule has 3 amide bonds. The number of rotatable bonds is 5. The van der Waals surface area contributed by atoms with Crippen molar-refractivity contribution < 1.29 is 19.1 Å². The molecule has 34 heavy (non-hydrogen) atoms. The number of hydrogen-bond acceptors (Lipinski definition) is 4. The van der Waals surface area contributed by atoms with Crippen LogP contribution in [0.2, 0.25) is 0 Å². The van der Waals surface area contributed by atoms with Gasteiger partial charge in [0, 0.05) is 51.8 Å². The van der Waals surface area contributed by atoms with Crippen molar-refractivity contribution in [3.05, 3.63) is 60.2 Å². The van der Waals surface area contributed by atoms with Crippen LogP contribution in [0.15, 0.2) is 48.8 Å². The van der Waals surface area contributed by atoms with E-state index in [9.17, 15) is 14.4 Å². The molecular weight excluding hydrogens is 434 g/mol. The molecule has 9 heteroatoms. The van der Waals surface area contributed by atoms with Crippen LogP contribution in [0.25, 0.3) is 11.1 Å². The number of carbonyl (C=O) groups excluding carboxylic acids is 3. The van der Waals surface area contributed by atoms with Crippen molar-refractivity contribution >= 4 is 29.3 Å². The topological polar surface area (TPSA) is 97.6 Å². The molecule has 0 unspecified atom stereocenters. The second-order valence-corrected chi connectivity index (χ2v) is 9.31. The maximum Gasteiger partial charge on any atom is 0.412 e. The Kier molecular flexibility index (Phi) is 6.85. The van der Waals surface area contributed by atoms with Crippen molar-refractivity contribution in [2.45, 2.75) is 26.4 Å². The van der Waals surface area contributed by atoms with Crippen LogP contribution >= 0.6 is 0 Å². The van der Waals surface area contributed by atoms with Crippen LogP contribution in [0.1, 0.15) is 41.7 Å². The molecule has 2 N–H and O–H groups in total. The van der Waals surface area contributed by atoms with Gasteiger partial charge in [0.2, 0.25) is 0 Å². The smallest absolute Gasteiger partial charge is 0.412 e. The molecule has 0 atom stereocenters. The SMILES string of the molecule is CN(C)C(=O)c1cc(-c2ccc(NC(=O)c3cc(NC(=O)OC(C)(C)C)cn3C)cc2)cn1C. The highest BCUT2D eigenvalue weighted by atomic mass is 16.6. The fraction of sp³-hybridized carbons (Fsp3) is 0.320. The van der Waals surface area contributed by atoms with Crippen LogP contribution < -0.4 is 10.6 Å². The molecule has 0 aliphatic rings. The first-order valence-electron chi connectivity index (χ1n) is 10.8. The second-order valence-electron chi connectivity index (χ2n) is 9.31. The Morgan fingerprint density at radius 3 is 2.03 bits per heavy atom. The minimum Gasteiger partial charge on any atom is -0.444 e. The Morgan fingerprint density at radius 2 is 1.44 bits per heavy atom. The number of ether oxygens (including phenoxy) is 1. The number of carbonyl (C=O) groups is 3. The van der Waals surface area contributed by atoms with Gasteiger partial charge in [-0.3, -0.25) is 14.9 Å². The van der Waals surface area contributed by atoms with Crippen LogP contribution in [0.4, 0.5) is 16.2 Å². The van der Waals surface area contributed by atoms with E-state index in [0.717, 1.165) is 11.1 Å². The lowest BCUT2D eigenvalue weighted by molar-refractivity contribution is 0.0635. The van der Waals surface area contributed by atoms with E-state index in [1.54, 1.807) is 75.4 Å². The van der Waals surface area contributed by atoms with Gasteiger partial charge in [-0.2, -0.15) is 0 Å². The van der Waals surface area contributed by atoms with Gasteiger partial charge in [0.25, 0.3) is 11.8 Å². The molecule has 0 aliphatic heterocycles. The molecule has 1 aromatic carbocycles. The van der Waals surface area contributed by atoms with Gasteiger partial charge in [-0.05, 0) is 50.6 Å². The zero-order valence-corrected chi connectivity index (χ0v) is 20.6. The molecule has 0 saturated heterocycles. The molecule has 3 rings (SSSR count). The summed E-state index contributed by atoms with van der Waals surface area (Å²) >= 11 is 0. The lowest BCUT2D eigenvalue weighted by atomic mass is 10.1. The van der Waals surface area contributed by atoms with Crippen molar-refractivity contribution in [1.29, 1.82) is 0 Å². The Hall–Kier alpha value is -4.01. The van der Waals surface area contributed by atoms with Gasteiger partial charge in [0.1, 0.15) is 17.0 Å². The maximum atomic E-state index is 12.8. The highest BCUT2D eigenvalue weighted by Gasteiger charge is 2.19. The number of nitrogens with one attached hydrogen (secondary N) is 2. The van der Waals surface area contributed by atoms with E-state index in [4.69, 9.17) is 4.74 Å². The first-order valence-corrected chi connectivity index (χ1v) is 10.8. The van der Waals surface area contributed by atoms with Gasteiger partial charge in [-0.1, -0.05) is 12.1 Å². The van der Waals surface area contributed by atoms with Gasteiger partial charge in [-0.25, -0.2) is 4.79 Å². The zero-order chi connectivity index (χ0) is 25.2. The van der Waals surface area contributed by atoms with E-state index in [2.05, 4.69) is 10.6 Å². The third kappa shape index (κ3) is 5.86. The maximum absolute atomic E-state index is 12.8. The number of amides is 3. The fourth-order valence-corrected chi connectivity index (χ4v) is 3.39. The standard InChI is InChI=1S/C25H31N5O4/c1-25(2,3)34-24(33)27-19-13-20(30(7)15-19)22(31)26-18-10-8-16(9-11-18)17-12-21(29(6)14-17)23(32)28(4)5/h8-15H,1-7H3,(H,26,31)(H,27,33). The molecular formula is C25H31N5O4. The van der Waals surface area contributed by atoms with E-state index >= 15 is 0 Å². The highest BCUT2D eigenvalue weighted by molar-refractivity contribution is 6.04. The van der Waals surface area contributed by atoms with E-state index in [1.165, 1.54) is 4.90 Å². The molecule has 0 radical (unpaired) electrons. The monoisotopic (exact) mass is 465 g/mol. The van der Waals surface area contributed by atoms with Gasteiger partial charge in [0.05, 0.1) is 5.69 Å². The van der Waals surface area contributed by atoms with Crippen molar-refractivity contribution in [3.63, 3.8) is 0 Å². The summed E-state index contributed by atoms with van der Waals surface area (Å²) in [5, 5.41) is 5.50. The van der Waals surface area contributed by atoms with Crippen LogP contribution in [0.5, 0.6) is 0 Å². The first-order chi connectivity index (χ1) is 15.8. The summed E-state index contributed by atoms with van der Waals surface area (Å²) in [5.74, 6) is -0.383. The predicted molar refractivity (Wildman–Crippen MR) is 132 cm³/mol. The van der Waals surface area contributed by atoms with E-state index in [-0.39, 0.29) is 11.8 Å². The van der Waals surface area contributed by atoms with Gasteiger partial charge >= 0.3 is 6.09 Å². The Labute approximate surface area is 199 Å². The quantitative estimate of drug-likeness (QED) is 0.586. The molecule has 0 fully saturated rings. The molecule has 180 valence electrons. The lowest BCUT2D eigenvalue weighted by Crippen LogP contribution is -2.27. The molecule has 9 nitrogen and oxygen atoms in total. The number of benzene rings is 1. The molecule has 3 aromatic rings. The average Bonchev–Trinajstić information content (AvgIpc) is 3.28. The summed E-state index contributed by atoms with van der Waals surface area (Å²) in [5.41, 5.74) is 3.28. The third-order valence-electron chi connectivity index (χ3n) is 4.99. The molecule has 0 spiro atoms. The van der Waals surface area contributed by atoms with Crippen LogP contribution in [-0.4, -0.2) is 51.6 Å². The zero-order valence-electron chi connectivity index (χ0n) is 20.6. The van der Waals surface area contributed by atoms with Crippen molar-refractivity contribution in [1.82, 2.24) is 14.0 Å². The summed E-state index contributed by atoms with van der Waals surface area (Å²) < 4.78 is 8.67. The summed E-state index contributed by atoms with van der Waals surface area (Å²) in [6, 6.07) is 10.8. The van der Waals surface area contributed by atoms with E-state index < -0.39 is 11.7 Å². The summed E-state index contributed by atoms with van der Waals surface area (Å²) in [6.45, 7) is 5.34. The average molecular weight is 466 g/mol. The molecule has 0 saturated carbocycles. The summed E-state index contributed by atoms with van der Waals surface area (Å²) in [4.78, 5) is 38.6. The number of nitrogens with zero attached hydrogens (tertiary/aromatic N) is 3. The molecule has 0 bridgehead atoms. The van der Waals surface area contributed by atoms with Crippen LogP contribution in [0.3, 0.4) is 0 Å². The number of aryl methyl sites for hydroxylation is 2. The number of anilines is 2. The van der Waals surface area contributed by atoms with E-state index in [1.807, 2.05) is 31.4 Å². The van der Waals surface area contributed by atoms with Crippen molar-refractivity contribution in [2.75, 3.05) is 24.7 Å². The number of hydrogen-bond donors (Lipinski definition) is 2. The minimum atomic E-state index is -0.617. The summed E-state index contributed by atoms with van der Waals surface area (Å²) in [7, 11) is 6.99. The largest absolute Gasteiger partial charge is 0.444 e. The normalized spacial score (nSPS) is 11.1. The summed E-state index contributed by atoms with van der Waals surface area (Å²) in [6.07, 6.45) is 2.95. The van der Waals surface area contributed by atoms with Crippen LogP contribution in [0, 0.1) is 0 Å². The van der Waals surface area contributed by atoms with Gasteiger partial charge < -0.3 is 24.1 Å². The van der Waals surface area contributed by atoms with Crippen LogP contribution in [-0.2, 0) is 18.8 Å². The molecule has 2 heterocycles. The number of aromatic nitrogens is 2. The fourth-order valence-electron chi connectivity index (χ4n) is 3.39. The third-order valence-corrected chi connectivity index (χ3v) is 4.99. The van der Waals surface area contributed by atoms with Gasteiger partial charge in [0.15, 0.2) is 0 Å². The second kappa shape index (κ2) is 9.46. The Morgan fingerprint density at radius 1 is 0.824 bits per heavy atom. The molecule has 2 aromatic heterocycles. The first kappa shape index (κ1) is 24.6. The predicted octanol–water partition coefficient (Wildman–Crippen LogP) is 4.33. The van der Waals surface area contributed by atoms with E-state index in [0.29, 0.717) is 22.8 Å². The Balaban J connectivity index is 1.69. The lowest BCUT2D eigenvalue weighted by Gasteiger charge is -2.19. The highest BCUT2D eigenvalue weighted by Crippen LogP contribution is 2.25. The Bertz CT molecular complexity index is 1210. The van der Waals surface area contributed by atoms with Gasteiger partial charge in [-0.15, -0.1) is 0 Å². The minimum absolute atomic E-state index is 0.0688. The van der Waals surface area contributed by atoms with Crippen molar-refractivity contribution in [2.24, 2.45) is 14.1 Å². The van der Waals surface area contributed by atoms with Crippen molar-refractivity contribution in [3.8, 4) is 11.1 Å².